The summed E-state index contributed by atoms with van der Waals surface area (Å²) >= 11 is 1.16. The molecule has 3 rings (SSSR count). The number of anilines is 1. The smallest absolute Gasteiger partial charge is 0.335 e. The Balaban J connectivity index is 1.60. The molecule has 1 saturated heterocycles. The summed E-state index contributed by atoms with van der Waals surface area (Å²) in [6.07, 6.45) is -0.00924. The van der Waals surface area contributed by atoms with Crippen LogP contribution < -0.4 is 15.4 Å². The van der Waals surface area contributed by atoms with Crippen LogP contribution in [0.15, 0.2) is 53.5 Å². The molecule has 3 N–H and O–H groups in total. The number of thioether (sulfide) groups is 1. The van der Waals surface area contributed by atoms with E-state index in [-0.39, 0.29) is 23.8 Å². The molecule has 2 aromatic carbocycles. The number of carbonyl (C=O) groups excluding carboxylic acids is 2. The molecule has 1 heterocycles. The molecule has 1 aliphatic rings. The number of methoxy groups -OCH3 is 1. The van der Waals surface area contributed by atoms with Gasteiger partial charge in [-0.05, 0) is 36.4 Å². The quantitative estimate of drug-likeness (QED) is 0.687. The Morgan fingerprint density at radius 2 is 2.00 bits per heavy atom. The Bertz CT molecular complexity index is 943. The van der Waals surface area contributed by atoms with Gasteiger partial charge in [-0.3, -0.25) is 9.59 Å². The van der Waals surface area contributed by atoms with Gasteiger partial charge in [0.1, 0.15) is 11.0 Å². The minimum atomic E-state index is -1.02. The number of benzene rings is 2. The van der Waals surface area contributed by atoms with Crippen LogP contribution >= 0.6 is 11.8 Å². The lowest BCUT2D eigenvalue weighted by Crippen LogP contribution is -2.28. The molecule has 9 heteroatoms. The number of hydrogen-bond acceptors (Lipinski definition) is 6. The van der Waals surface area contributed by atoms with Crippen molar-refractivity contribution in [2.45, 2.75) is 11.7 Å². The van der Waals surface area contributed by atoms with E-state index in [1.54, 1.807) is 36.4 Å². The zero-order valence-corrected chi connectivity index (χ0v) is 15.7. The van der Waals surface area contributed by atoms with Gasteiger partial charge in [0.15, 0.2) is 5.17 Å². The van der Waals surface area contributed by atoms with E-state index in [4.69, 9.17) is 9.84 Å². The molecule has 1 fully saturated rings. The van der Waals surface area contributed by atoms with Gasteiger partial charge in [0, 0.05) is 18.2 Å². The molecule has 0 saturated carbocycles. The maximum absolute atomic E-state index is 12.2. The first-order valence-electron chi connectivity index (χ1n) is 8.28. The average molecular weight is 399 g/mol. The number of amidine groups is 1. The highest BCUT2D eigenvalue weighted by Gasteiger charge is 2.32. The number of hydrogen-bond donors (Lipinski definition) is 3. The van der Waals surface area contributed by atoms with Crippen LogP contribution in [0, 0.1) is 0 Å². The molecule has 0 aliphatic carbocycles. The molecule has 0 radical (unpaired) electrons. The minimum Gasteiger partial charge on any atom is -0.497 e. The zero-order valence-electron chi connectivity index (χ0n) is 14.8. The summed E-state index contributed by atoms with van der Waals surface area (Å²) in [4.78, 5) is 39.5. The monoisotopic (exact) mass is 399 g/mol. The highest BCUT2D eigenvalue weighted by molar-refractivity contribution is 8.15. The topological polar surface area (TPSA) is 117 Å². The number of carbonyl (C=O) groups is 3. The molecule has 1 aliphatic heterocycles. The van der Waals surface area contributed by atoms with E-state index in [0.717, 1.165) is 11.8 Å². The van der Waals surface area contributed by atoms with Crippen LogP contribution in [-0.4, -0.2) is 40.4 Å². The Labute approximate surface area is 165 Å². The highest BCUT2D eigenvalue weighted by atomic mass is 32.2. The van der Waals surface area contributed by atoms with E-state index in [2.05, 4.69) is 15.6 Å². The second-order valence-electron chi connectivity index (χ2n) is 5.85. The van der Waals surface area contributed by atoms with Crippen molar-refractivity contribution in [1.29, 1.82) is 0 Å². The molecular weight excluding hydrogens is 382 g/mol. The molecular formula is C19H17N3O5S. The summed E-state index contributed by atoms with van der Waals surface area (Å²) in [5.74, 6) is -1.00. The molecule has 28 heavy (non-hydrogen) atoms. The Hall–Kier alpha value is -3.33. The number of carboxylic acid groups (broad SMARTS) is 1. The molecule has 0 bridgehead atoms. The molecule has 144 valence electrons. The normalized spacial score (nSPS) is 17.2. The second-order valence-corrected chi connectivity index (χ2v) is 7.04. The third-order valence-corrected chi connectivity index (χ3v) is 4.93. The maximum Gasteiger partial charge on any atom is 0.335 e. The Kier molecular flexibility index (Phi) is 5.95. The van der Waals surface area contributed by atoms with Gasteiger partial charge in [-0.25, -0.2) is 9.79 Å². The van der Waals surface area contributed by atoms with Gasteiger partial charge in [-0.15, -0.1) is 0 Å². The zero-order chi connectivity index (χ0) is 20.1. The van der Waals surface area contributed by atoms with Crippen LogP contribution in [0.2, 0.25) is 0 Å². The van der Waals surface area contributed by atoms with E-state index in [1.165, 1.54) is 19.2 Å². The standard InChI is InChI=1S/C19H17N3O5S/c1-27-14-4-2-3-13(9-14)20-16(23)10-15-17(24)22-19(28-15)21-12-7-5-11(6-8-12)18(25)26/h2-9,15H,10H2,1H3,(H,20,23)(H,25,26)(H,21,22,24)/t15-/m0/s1. The van der Waals surface area contributed by atoms with Crippen LogP contribution in [0.1, 0.15) is 16.8 Å². The van der Waals surface area contributed by atoms with Crippen LogP contribution in [0.5, 0.6) is 5.75 Å². The van der Waals surface area contributed by atoms with Crippen LogP contribution in [0.4, 0.5) is 11.4 Å². The van der Waals surface area contributed by atoms with Crippen molar-refractivity contribution in [2.24, 2.45) is 4.99 Å². The first-order valence-corrected chi connectivity index (χ1v) is 9.16. The first-order chi connectivity index (χ1) is 13.4. The fourth-order valence-corrected chi connectivity index (χ4v) is 3.46. The number of aliphatic imine (C=N–C) groups is 1. The summed E-state index contributed by atoms with van der Waals surface area (Å²) in [5, 5.41) is 14.1. The lowest BCUT2D eigenvalue weighted by Gasteiger charge is -2.08. The third-order valence-electron chi connectivity index (χ3n) is 3.85. The van der Waals surface area contributed by atoms with Gasteiger partial charge in [-0.1, -0.05) is 17.8 Å². The predicted octanol–water partition coefficient (Wildman–Crippen LogP) is 2.64. The molecule has 2 aromatic rings. The Morgan fingerprint density at radius 3 is 2.68 bits per heavy atom. The number of ether oxygens (including phenoxy) is 1. The van der Waals surface area contributed by atoms with E-state index in [9.17, 15) is 14.4 Å². The van der Waals surface area contributed by atoms with Gasteiger partial charge < -0.3 is 20.5 Å². The minimum absolute atomic E-state index is 0.00924. The number of carboxylic acids is 1. The van der Waals surface area contributed by atoms with Gasteiger partial charge >= 0.3 is 5.97 Å². The molecule has 0 aromatic heterocycles. The second kappa shape index (κ2) is 8.57. The van der Waals surface area contributed by atoms with E-state index in [1.807, 2.05) is 0 Å². The fourth-order valence-electron chi connectivity index (χ4n) is 2.47. The van der Waals surface area contributed by atoms with Crippen LogP contribution in [0.3, 0.4) is 0 Å². The van der Waals surface area contributed by atoms with Crippen molar-refractivity contribution >= 4 is 46.1 Å². The number of amides is 2. The average Bonchev–Trinajstić information content (AvgIpc) is 3.01. The number of nitrogens with zero attached hydrogens (tertiary/aromatic N) is 1. The first kappa shape index (κ1) is 19.4. The van der Waals surface area contributed by atoms with Crippen molar-refractivity contribution < 1.29 is 24.2 Å². The highest BCUT2D eigenvalue weighted by Crippen LogP contribution is 2.26. The predicted molar refractivity (Wildman–Crippen MR) is 106 cm³/mol. The lowest BCUT2D eigenvalue weighted by atomic mass is 10.2. The number of nitrogens with one attached hydrogen (secondary N) is 2. The summed E-state index contributed by atoms with van der Waals surface area (Å²) in [7, 11) is 1.54. The van der Waals surface area contributed by atoms with Crippen molar-refractivity contribution in [1.82, 2.24) is 5.32 Å². The largest absolute Gasteiger partial charge is 0.497 e. The lowest BCUT2D eigenvalue weighted by molar-refractivity contribution is -0.122. The van der Waals surface area contributed by atoms with Gasteiger partial charge in [0.2, 0.25) is 11.8 Å². The molecule has 0 unspecified atom stereocenters. The van der Waals surface area contributed by atoms with Crippen molar-refractivity contribution in [3.63, 3.8) is 0 Å². The van der Waals surface area contributed by atoms with Crippen LogP contribution in [0.25, 0.3) is 0 Å². The van der Waals surface area contributed by atoms with Gasteiger partial charge in [0.05, 0.1) is 18.4 Å². The fraction of sp³-hybridized carbons (Fsp3) is 0.158. The maximum atomic E-state index is 12.2. The van der Waals surface area contributed by atoms with Gasteiger partial charge in [-0.2, -0.15) is 0 Å². The molecule has 2 amide bonds. The van der Waals surface area contributed by atoms with Crippen molar-refractivity contribution in [2.75, 3.05) is 12.4 Å². The van der Waals surface area contributed by atoms with Crippen molar-refractivity contribution in [3.8, 4) is 5.75 Å². The van der Waals surface area contributed by atoms with Crippen molar-refractivity contribution in [3.05, 3.63) is 54.1 Å². The summed E-state index contributed by atoms with van der Waals surface area (Å²) in [6, 6.07) is 12.9. The summed E-state index contributed by atoms with van der Waals surface area (Å²) in [6.45, 7) is 0. The SMILES string of the molecule is COc1cccc(NC(=O)C[C@@H]2SC(=Nc3ccc(C(=O)O)cc3)NC2=O)c1. The molecule has 8 nitrogen and oxygen atoms in total. The van der Waals surface area contributed by atoms with E-state index >= 15 is 0 Å². The van der Waals surface area contributed by atoms with Crippen LogP contribution in [-0.2, 0) is 9.59 Å². The number of aromatic carboxylic acids is 1. The third kappa shape index (κ3) is 4.89. The summed E-state index contributed by atoms with van der Waals surface area (Å²) in [5.41, 5.74) is 1.24. The number of rotatable bonds is 6. The summed E-state index contributed by atoms with van der Waals surface area (Å²) < 4.78 is 5.11. The van der Waals surface area contributed by atoms with Gasteiger partial charge in [0.25, 0.3) is 0 Å². The molecule has 1 atom stereocenters. The van der Waals surface area contributed by atoms with E-state index in [0.29, 0.717) is 22.3 Å². The molecule has 0 spiro atoms. The van der Waals surface area contributed by atoms with E-state index < -0.39 is 11.2 Å². The Morgan fingerprint density at radius 1 is 1.25 bits per heavy atom.